The maximum atomic E-state index is 14.0. The summed E-state index contributed by atoms with van der Waals surface area (Å²) in [6.45, 7) is 2.21. The minimum absolute atomic E-state index is 0.282. The van der Waals surface area contributed by atoms with Crippen molar-refractivity contribution in [3.8, 4) is 5.75 Å². The van der Waals surface area contributed by atoms with E-state index < -0.39 is 11.9 Å². The van der Waals surface area contributed by atoms with Crippen molar-refractivity contribution in [1.29, 1.82) is 0 Å². The highest BCUT2D eigenvalue weighted by Gasteiger charge is 2.32. The number of nitrogens with zero attached hydrogens (tertiary/aromatic N) is 2. The molecule has 0 saturated heterocycles. The number of amides is 1. The molecule has 0 bridgehead atoms. The number of ether oxygens (including phenoxy) is 1. The minimum Gasteiger partial charge on any atom is -0.487 e. The second-order valence-electron chi connectivity index (χ2n) is 10.0. The van der Waals surface area contributed by atoms with Gasteiger partial charge in [0.05, 0.1) is 29.0 Å². The van der Waals surface area contributed by atoms with Crippen molar-refractivity contribution >= 4 is 74.2 Å². The number of halogens is 3. The van der Waals surface area contributed by atoms with Crippen LogP contribution in [0.15, 0.2) is 118 Å². The molecule has 1 amide bonds. The highest BCUT2D eigenvalue weighted by Crippen LogP contribution is 2.32. The van der Waals surface area contributed by atoms with Crippen LogP contribution < -0.4 is 24.9 Å². The van der Waals surface area contributed by atoms with Crippen molar-refractivity contribution in [2.75, 3.05) is 5.32 Å². The molecule has 0 fully saturated rings. The van der Waals surface area contributed by atoms with Gasteiger partial charge in [-0.1, -0.05) is 72.0 Å². The summed E-state index contributed by atoms with van der Waals surface area (Å²) < 4.78 is 23.9. The Hall–Kier alpha value is -3.62. The molecule has 6 nitrogen and oxygen atoms in total. The Bertz CT molecular complexity index is 2050. The predicted octanol–water partition coefficient (Wildman–Crippen LogP) is 6.80. The van der Waals surface area contributed by atoms with Crippen LogP contribution in [0.25, 0.3) is 6.08 Å². The van der Waals surface area contributed by atoms with Gasteiger partial charge in [0.1, 0.15) is 18.2 Å². The number of hydrogen-bond donors (Lipinski definition) is 1. The number of nitrogens with one attached hydrogen (secondary N) is 1. The lowest BCUT2D eigenvalue weighted by Crippen LogP contribution is -2.40. The maximum absolute atomic E-state index is 14.0. The van der Waals surface area contributed by atoms with Crippen LogP contribution in [0.1, 0.15) is 29.7 Å². The van der Waals surface area contributed by atoms with Gasteiger partial charge in [-0.2, -0.15) is 0 Å². The van der Waals surface area contributed by atoms with Crippen LogP contribution in [-0.2, 0) is 11.4 Å². The zero-order valence-electron chi connectivity index (χ0n) is 23.3. The molecule has 1 atom stereocenters. The summed E-state index contributed by atoms with van der Waals surface area (Å²) in [6.07, 6.45) is 1.83. The Kier molecular flexibility index (Phi) is 9.10. The molecule has 1 N–H and O–H groups in total. The van der Waals surface area contributed by atoms with Gasteiger partial charge >= 0.3 is 0 Å². The lowest BCUT2D eigenvalue weighted by Gasteiger charge is -2.25. The number of hydrogen-bond acceptors (Lipinski definition) is 5. The van der Waals surface area contributed by atoms with Crippen LogP contribution in [0.4, 0.5) is 10.1 Å². The van der Waals surface area contributed by atoms with E-state index in [1.54, 1.807) is 31.2 Å². The van der Waals surface area contributed by atoms with Crippen molar-refractivity contribution in [2.24, 2.45) is 4.99 Å². The van der Waals surface area contributed by atoms with Gasteiger partial charge in [-0.15, -0.1) is 0 Å². The summed E-state index contributed by atoms with van der Waals surface area (Å²) in [5, 5.41) is 2.92. The van der Waals surface area contributed by atoms with Gasteiger partial charge in [-0.3, -0.25) is 14.2 Å². The van der Waals surface area contributed by atoms with Gasteiger partial charge in [-0.25, -0.2) is 9.38 Å². The van der Waals surface area contributed by atoms with Gasteiger partial charge in [0.15, 0.2) is 4.80 Å². The predicted molar refractivity (Wildman–Crippen MR) is 188 cm³/mol. The number of fused-ring (bicyclic) bond motifs is 1. The molecule has 1 aromatic heterocycles. The molecule has 2 heterocycles. The standard InChI is InChI=1S/C34H24FI2N3O3S/c1-20-29(32(41)39-25-10-6-3-7-11-25)30(23-12-14-24(35)15-13-23)40-33(42)28(44-34(40)38-20)18-22-16-26(36)31(27(37)17-22)43-19-21-8-4-2-5-9-21/h2-18,30H,19H2,1H3,(H,39,41)/b28-18+. The summed E-state index contributed by atoms with van der Waals surface area (Å²) >= 11 is 5.75. The lowest BCUT2D eigenvalue weighted by molar-refractivity contribution is -0.113. The number of benzene rings is 4. The van der Waals surface area contributed by atoms with E-state index in [0.29, 0.717) is 38.5 Å². The van der Waals surface area contributed by atoms with Crippen LogP contribution in [0.5, 0.6) is 5.75 Å². The van der Waals surface area contributed by atoms with Crippen molar-refractivity contribution in [2.45, 2.75) is 19.6 Å². The molecule has 0 aliphatic carbocycles. The molecule has 0 spiro atoms. The SMILES string of the molecule is CC1=C(C(=O)Nc2ccccc2)C(c2ccc(F)cc2)n2c(s/c(=C/c3cc(I)c(OCc4ccccc4)c(I)c3)c2=O)=N1. The fraction of sp³-hybridized carbons (Fsp3) is 0.0882. The second-order valence-corrected chi connectivity index (χ2v) is 13.4. The van der Waals surface area contributed by atoms with E-state index in [-0.39, 0.29) is 11.5 Å². The van der Waals surface area contributed by atoms with Crippen molar-refractivity contribution in [1.82, 2.24) is 4.57 Å². The Morgan fingerprint density at radius 3 is 2.30 bits per heavy atom. The molecule has 44 heavy (non-hydrogen) atoms. The van der Waals surface area contributed by atoms with Gasteiger partial charge in [0, 0.05) is 5.69 Å². The molecule has 1 unspecified atom stereocenters. The monoisotopic (exact) mass is 827 g/mol. The molecule has 0 radical (unpaired) electrons. The fourth-order valence-corrected chi connectivity index (χ4v) is 8.15. The third-order valence-corrected chi connectivity index (χ3v) is 9.61. The quantitative estimate of drug-likeness (QED) is 0.184. The molecule has 1 aliphatic rings. The topological polar surface area (TPSA) is 72.7 Å². The number of para-hydroxylation sites is 1. The van der Waals surface area contributed by atoms with Gasteiger partial charge in [0.2, 0.25) is 0 Å². The van der Waals surface area contributed by atoms with Crippen LogP contribution in [0, 0.1) is 13.0 Å². The van der Waals surface area contributed by atoms with E-state index in [0.717, 1.165) is 24.0 Å². The largest absolute Gasteiger partial charge is 0.487 e. The Morgan fingerprint density at radius 1 is 1.00 bits per heavy atom. The number of carbonyl (C=O) groups is 1. The molecule has 1 aliphatic heterocycles. The zero-order valence-corrected chi connectivity index (χ0v) is 28.4. The Labute approximate surface area is 283 Å². The lowest BCUT2D eigenvalue weighted by atomic mass is 9.95. The first kappa shape index (κ1) is 30.4. The highest BCUT2D eigenvalue weighted by atomic mass is 127. The van der Waals surface area contributed by atoms with Crippen molar-refractivity contribution in [3.63, 3.8) is 0 Å². The first-order valence-electron chi connectivity index (χ1n) is 13.6. The average Bonchev–Trinajstić information content (AvgIpc) is 3.31. The van der Waals surface area contributed by atoms with E-state index in [1.807, 2.05) is 66.7 Å². The molecular weight excluding hydrogens is 803 g/mol. The van der Waals surface area contributed by atoms with Gasteiger partial charge in [-0.05, 0) is 111 Å². The summed E-state index contributed by atoms with van der Waals surface area (Å²) in [7, 11) is 0. The normalized spacial score (nSPS) is 14.6. The Morgan fingerprint density at radius 2 is 1.64 bits per heavy atom. The van der Waals surface area contributed by atoms with E-state index in [2.05, 4.69) is 50.5 Å². The molecule has 10 heteroatoms. The van der Waals surface area contributed by atoms with Gasteiger partial charge < -0.3 is 10.1 Å². The smallest absolute Gasteiger partial charge is 0.271 e. The summed E-state index contributed by atoms with van der Waals surface area (Å²) in [5.74, 6) is 0.00321. The molecular formula is C34H24FI2N3O3S. The number of thiazole rings is 1. The molecule has 6 rings (SSSR count). The van der Waals surface area contributed by atoms with Crippen molar-refractivity contribution < 1.29 is 13.9 Å². The minimum atomic E-state index is -0.785. The van der Waals surface area contributed by atoms with Crippen LogP contribution in [0.3, 0.4) is 0 Å². The van der Waals surface area contributed by atoms with Crippen LogP contribution >= 0.6 is 56.5 Å². The summed E-state index contributed by atoms with van der Waals surface area (Å²) in [5.41, 5.74) is 3.67. The number of rotatable bonds is 7. The maximum Gasteiger partial charge on any atom is 0.271 e. The molecule has 220 valence electrons. The van der Waals surface area contributed by atoms with E-state index in [1.165, 1.54) is 28.0 Å². The third kappa shape index (κ3) is 6.42. The van der Waals surface area contributed by atoms with Crippen LogP contribution in [0.2, 0.25) is 0 Å². The third-order valence-electron chi connectivity index (χ3n) is 7.03. The molecule has 4 aromatic carbocycles. The van der Waals surface area contributed by atoms with E-state index in [4.69, 9.17) is 9.73 Å². The summed E-state index contributed by atoms with van der Waals surface area (Å²) in [4.78, 5) is 32.8. The highest BCUT2D eigenvalue weighted by molar-refractivity contribution is 14.1. The average molecular weight is 827 g/mol. The number of allylic oxidation sites excluding steroid dienone is 1. The number of anilines is 1. The molecule has 0 saturated carbocycles. The van der Waals surface area contributed by atoms with Crippen molar-refractivity contribution in [3.05, 3.63) is 158 Å². The second kappa shape index (κ2) is 13.2. The molecule has 5 aromatic rings. The summed E-state index contributed by atoms with van der Waals surface area (Å²) in [6, 6.07) is 28.1. The Balaban J connectivity index is 1.40. The first-order chi connectivity index (χ1) is 21.3. The van der Waals surface area contributed by atoms with Gasteiger partial charge in [0.25, 0.3) is 11.5 Å². The number of carbonyl (C=O) groups excluding carboxylic acids is 1. The fourth-order valence-electron chi connectivity index (χ4n) is 4.97. The van der Waals surface area contributed by atoms with E-state index >= 15 is 0 Å². The number of aromatic nitrogens is 1. The van der Waals surface area contributed by atoms with Crippen LogP contribution in [-0.4, -0.2) is 10.5 Å². The van der Waals surface area contributed by atoms with E-state index in [9.17, 15) is 14.0 Å². The first-order valence-corrected chi connectivity index (χ1v) is 16.6. The zero-order chi connectivity index (χ0) is 30.8.